The lowest BCUT2D eigenvalue weighted by Gasteiger charge is -2.14. The summed E-state index contributed by atoms with van der Waals surface area (Å²) < 4.78 is 6.12. The highest BCUT2D eigenvalue weighted by molar-refractivity contribution is 9.10. The van der Waals surface area contributed by atoms with Crippen molar-refractivity contribution < 1.29 is 9.53 Å². The molecule has 1 amide bonds. The van der Waals surface area contributed by atoms with E-state index in [0.29, 0.717) is 12.2 Å². The van der Waals surface area contributed by atoms with Crippen LogP contribution in [-0.4, -0.2) is 19.1 Å². The second-order valence-electron chi connectivity index (χ2n) is 5.34. The van der Waals surface area contributed by atoms with Gasteiger partial charge in [0.1, 0.15) is 0 Å². The monoisotopic (exact) mass is 361 g/mol. The van der Waals surface area contributed by atoms with E-state index in [4.69, 9.17) is 4.74 Å². The molecule has 0 aliphatic carbocycles. The van der Waals surface area contributed by atoms with Crippen LogP contribution in [0.3, 0.4) is 0 Å². The molecule has 2 aromatic rings. The molecule has 0 saturated heterocycles. The summed E-state index contributed by atoms with van der Waals surface area (Å²) in [6, 6.07) is 15.7. The van der Waals surface area contributed by atoms with Crippen LogP contribution in [-0.2, 0) is 17.8 Å². The van der Waals surface area contributed by atoms with Gasteiger partial charge in [0, 0.05) is 23.2 Å². The van der Waals surface area contributed by atoms with Crippen molar-refractivity contribution in [2.45, 2.75) is 26.0 Å². The van der Waals surface area contributed by atoms with E-state index < -0.39 is 0 Å². The molecule has 0 aromatic heterocycles. The minimum absolute atomic E-state index is 0.0476. The molecule has 2 aromatic carbocycles. The van der Waals surface area contributed by atoms with Gasteiger partial charge in [-0.3, -0.25) is 4.79 Å². The summed E-state index contributed by atoms with van der Waals surface area (Å²) in [7, 11) is 1.66. The standard InChI is InChI=1S/C18H20BrNO2/c1-13(11-14-5-9-17(19)10-6-14)20-18(21)16-7-3-15(4-8-16)12-22-2/h3-10,13H,11-12H2,1-2H3,(H,20,21). The molecule has 0 bridgehead atoms. The van der Waals surface area contributed by atoms with Crippen LogP contribution in [0, 0.1) is 0 Å². The Morgan fingerprint density at radius 3 is 2.27 bits per heavy atom. The highest BCUT2D eigenvalue weighted by atomic mass is 79.9. The van der Waals surface area contributed by atoms with Gasteiger partial charge >= 0.3 is 0 Å². The fourth-order valence-corrected chi connectivity index (χ4v) is 2.52. The molecular formula is C18H20BrNO2. The van der Waals surface area contributed by atoms with Crippen LogP contribution in [0.4, 0.5) is 0 Å². The lowest BCUT2D eigenvalue weighted by Crippen LogP contribution is -2.34. The maximum absolute atomic E-state index is 12.2. The van der Waals surface area contributed by atoms with Crippen LogP contribution in [0.5, 0.6) is 0 Å². The van der Waals surface area contributed by atoms with Crippen molar-refractivity contribution in [1.29, 1.82) is 0 Å². The van der Waals surface area contributed by atoms with Crippen LogP contribution in [0.15, 0.2) is 53.0 Å². The topological polar surface area (TPSA) is 38.3 Å². The second kappa shape index (κ2) is 8.11. The highest BCUT2D eigenvalue weighted by Gasteiger charge is 2.10. The number of carbonyl (C=O) groups excluding carboxylic acids is 1. The highest BCUT2D eigenvalue weighted by Crippen LogP contribution is 2.12. The number of nitrogens with one attached hydrogen (secondary N) is 1. The summed E-state index contributed by atoms with van der Waals surface area (Å²) in [5, 5.41) is 3.03. The summed E-state index contributed by atoms with van der Waals surface area (Å²) in [4.78, 5) is 12.2. The number of halogens is 1. The zero-order valence-electron chi connectivity index (χ0n) is 12.8. The number of amides is 1. The predicted octanol–water partition coefficient (Wildman–Crippen LogP) is 3.96. The predicted molar refractivity (Wildman–Crippen MR) is 91.9 cm³/mol. The van der Waals surface area contributed by atoms with Crippen LogP contribution >= 0.6 is 15.9 Å². The summed E-state index contributed by atoms with van der Waals surface area (Å²) in [6.45, 7) is 2.57. The third-order valence-corrected chi connectivity index (χ3v) is 3.89. The van der Waals surface area contributed by atoms with E-state index in [1.54, 1.807) is 7.11 Å². The molecule has 2 rings (SSSR count). The molecule has 4 heteroatoms. The van der Waals surface area contributed by atoms with Gasteiger partial charge in [0.05, 0.1) is 6.61 Å². The maximum atomic E-state index is 12.2. The van der Waals surface area contributed by atoms with Crippen molar-refractivity contribution in [3.63, 3.8) is 0 Å². The number of carbonyl (C=O) groups is 1. The average molecular weight is 362 g/mol. The van der Waals surface area contributed by atoms with Gasteiger partial charge in [0.25, 0.3) is 5.91 Å². The molecule has 1 atom stereocenters. The van der Waals surface area contributed by atoms with Gasteiger partial charge in [-0.05, 0) is 48.7 Å². The summed E-state index contributed by atoms with van der Waals surface area (Å²) in [5.74, 6) is -0.0476. The Morgan fingerprint density at radius 2 is 1.68 bits per heavy atom. The van der Waals surface area contributed by atoms with Crippen LogP contribution in [0.1, 0.15) is 28.4 Å². The first-order valence-corrected chi connectivity index (χ1v) is 8.01. The van der Waals surface area contributed by atoms with E-state index in [2.05, 4.69) is 33.4 Å². The third-order valence-electron chi connectivity index (χ3n) is 3.36. The number of rotatable bonds is 6. The van der Waals surface area contributed by atoms with Gasteiger partial charge in [-0.2, -0.15) is 0 Å². The first-order valence-electron chi connectivity index (χ1n) is 7.21. The smallest absolute Gasteiger partial charge is 0.251 e. The summed E-state index contributed by atoms with van der Waals surface area (Å²) in [6.07, 6.45) is 0.806. The third kappa shape index (κ3) is 4.97. The fourth-order valence-electron chi connectivity index (χ4n) is 2.25. The lowest BCUT2D eigenvalue weighted by atomic mass is 10.1. The lowest BCUT2D eigenvalue weighted by molar-refractivity contribution is 0.0940. The SMILES string of the molecule is COCc1ccc(C(=O)NC(C)Cc2ccc(Br)cc2)cc1. The van der Waals surface area contributed by atoms with E-state index in [-0.39, 0.29) is 11.9 Å². The molecule has 0 radical (unpaired) electrons. The van der Waals surface area contributed by atoms with Gasteiger partial charge < -0.3 is 10.1 Å². The van der Waals surface area contributed by atoms with Gasteiger partial charge in [-0.25, -0.2) is 0 Å². The Hall–Kier alpha value is -1.65. The molecular weight excluding hydrogens is 342 g/mol. The number of benzene rings is 2. The molecule has 0 fully saturated rings. The molecule has 1 N–H and O–H groups in total. The quantitative estimate of drug-likeness (QED) is 0.845. The van der Waals surface area contributed by atoms with E-state index in [9.17, 15) is 4.79 Å². The van der Waals surface area contributed by atoms with Gasteiger partial charge in [0.2, 0.25) is 0 Å². The maximum Gasteiger partial charge on any atom is 0.251 e. The largest absolute Gasteiger partial charge is 0.380 e. The Morgan fingerprint density at radius 1 is 1.09 bits per heavy atom. The second-order valence-corrected chi connectivity index (χ2v) is 6.25. The van der Waals surface area contributed by atoms with Gasteiger partial charge in [-0.15, -0.1) is 0 Å². The van der Waals surface area contributed by atoms with Gasteiger partial charge in [0.15, 0.2) is 0 Å². The van der Waals surface area contributed by atoms with E-state index in [1.807, 2.05) is 43.3 Å². The minimum atomic E-state index is -0.0476. The van der Waals surface area contributed by atoms with E-state index in [1.165, 1.54) is 5.56 Å². The van der Waals surface area contributed by atoms with Crippen molar-refractivity contribution in [1.82, 2.24) is 5.32 Å². The van der Waals surface area contributed by atoms with Crippen LogP contribution in [0.2, 0.25) is 0 Å². The molecule has 0 heterocycles. The Labute approximate surface area is 139 Å². The molecule has 0 spiro atoms. The Kier molecular flexibility index (Phi) is 6.16. The molecule has 1 unspecified atom stereocenters. The normalized spacial score (nSPS) is 12.0. The molecule has 0 aliphatic rings. The van der Waals surface area contributed by atoms with E-state index in [0.717, 1.165) is 16.5 Å². The van der Waals surface area contributed by atoms with Gasteiger partial charge in [-0.1, -0.05) is 40.2 Å². The molecule has 0 aliphatic heterocycles. The summed E-state index contributed by atoms with van der Waals surface area (Å²) >= 11 is 3.42. The fraction of sp³-hybridized carbons (Fsp3) is 0.278. The van der Waals surface area contributed by atoms with Crippen molar-refractivity contribution in [3.05, 3.63) is 69.7 Å². The van der Waals surface area contributed by atoms with Crippen molar-refractivity contribution in [2.75, 3.05) is 7.11 Å². The Balaban J connectivity index is 1.91. The first kappa shape index (κ1) is 16.7. The van der Waals surface area contributed by atoms with Crippen molar-refractivity contribution in [2.24, 2.45) is 0 Å². The molecule has 3 nitrogen and oxygen atoms in total. The minimum Gasteiger partial charge on any atom is -0.380 e. The zero-order chi connectivity index (χ0) is 15.9. The van der Waals surface area contributed by atoms with Crippen LogP contribution in [0.25, 0.3) is 0 Å². The summed E-state index contributed by atoms with van der Waals surface area (Å²) in [5.41, 5.74) is 2.93. The number of hydrogen-bond acceptors (Lipinski definition) is 2. The van der Waals surface area contributed by atoms with Crippen molar-refractivity contribution in [3.8, 4) is 0 Å². The average Bonchev–Trinajstić information content (AvgIpc) is 2.50. The molecule has 22 heavy (non-hydrogen) atoms. The first-order chi connectivity index (χ1) is 10.6. The molecule has 0 saturated carbocycles. The Bertz CT molecular complexity index is 608. The van der Waals surface area contributed by atoms with Crippen LogP contribution < -0.4 is 5.32 Å². The van der Waals surface area contributed by atoms with E-state index >= 15 is 0 Å². The number of methoxy groups -OCH3 is 1. The number of ether oxygens (including phenoxy) is 1. The van der Waals surface area contributed by atoms with Crippen molar-refractivity contribution >= 4 is 21.8 Å². The molecule has 116 valence electrons. The number of hydrogen-bond donors (Lipinski definition) is 1. The zero-order valence-corrected chi connectivity index (χ0v) is 14.4.